The quantitative estimate of drug-likeness (QED) is 0.784. The van der Waals surface area contributed by atoms with Gasteiger partial charge in [-0.3, -0.25) is 0 Å². The molecule has 118 valence electrons. The van der Waals surface area contributed by atoms with E-state index in [1.807, 2.05) is 0 Å². The summed E-state index contributed by atoms with van der Waals surface area (Å²) in [5, 5.41) is 4.80. The molecule has 0 spiro atoms. The molecule has 5 nitrogen and oxygen atoms in total. The third kappa shape index (κ3) is 7.59. The molecular formula is C13H24F2N2O3. The van der Waals surface area contributed by atoms with Crippen molar-refractivity contribution in [2.24, 2.45) is 5.92 Å². The van der Waals surface area contributed by atoms with Gasteiger partial charge in [0.25, 0.3) is 5.92 Å². The maximum Gasteiger partial charge on any atom is 0.407 e. The van der Waals surface area contributed by atoms with E-state index in [0.29, 0.717) is 25.7 Å². The summed E-state index contributed by atoms with van der Waals surface area (Å²) in [7, 11) is 0. The first kappa shape index (κ1) is 17.1. The van der Waals surface area contributed by atoms with Crippen molar-refractivity contribution in [3.8, 4) is 0 Å². The lowest BCUT2D eigenvalue weighted by Crippen LogP contribution is -2.45. The number of alkyl carbamates (subject to hydrolysis) is 1. The first-order valence-corrected chi connectivity index (χ1v) is 6.81. The Kier molecular flexibility index (Phi) is 6.13. The van der Waals surface area contributed by atoms with Gasteiger partial charge < -0.3 is 20.1 Å². The first-order valence-electron chi connectivity index (χ1n) is 6.81. The van der Waals surface area contributed by atoms with Gasteiger partial charge in [-0.05, 0) is 33.1 Å². The van der Waals surface area contributed by atoms with E-state index in [0.717, 1.165) is 6.42 Å². The van der Waals surface area contributed by atoms with Crippen molar-refractivity contribution in [2.75, 3.05) is 32.8 Å². The van der Waals surface area contributed by atoms with Crippen LogP contribution in [0, 0.1) is 5.92 Å². The van der Waals surface area contributed by atoms with Gasteiger partial charge in [0.1, 0.15) is 5.60 Å². The van der Waals surface area contributed by atoms with Crippen molar-refractivity contribution in [2.45, 2.75) is 38.7 Å². The van der Waals surface area contributed by atoms with Crippen molar-refractivity contribution in [1.29, 1.82) is 0 Å². The second kappa shape index (κ2) is 7.17. The van der Waals surface area contributed by atoms with E-state index in [2.05, 4.69) is 10.6 Å². The van der Waals surface area contributed by atoms with Crippen molar-refractivity contribution in [3.05, 3.63) is 0 Å². The van der Waals surface area contributed by atoms with E-state index in [-0.39, 0.29) is 0 Å². The predicted molar refractivity (Wildman–Crippen MR) is 71.0 cm³/mol. The Hall–Kier alpha value is -0.950. The van der Waals surface area contributed by atoms with E-state index < -0.39 is 30.7 Å². The minimum absolute atomic E-state index is 0.296. The summed E-state index contributed by atoms with van der Waals surface area (Å²) in [6, 6.07) is 0. The third-order valence-corrected chi connectivity index (χ3v) is 2.73. The molecule has 1 rings (SSSR count). The normalized spacial score (nSPS) is 19.9. The fourth-order valence-electron chi connectivity index (χ4n) is 1.78. The maximum atomic E-state index is 13.5. The van der Waals surface area contributed by atoms with Crippen molar-refractivity contribution in [1.82, 2.24) is 10.6 Å². The molecule has 0 saturated carbocycles. The Morgan fingerprint density at radius 2 is 2.05 bits per heavy atom. The van der Waals surface area contributed by atoms with Gasteiger partial charge >= 0.3 is 6.09 Å². The van der Waals surface area contributed by atoms with Gasteiger partial charge in [-0.25, -0.2) is 13.6 Å². The second-order valence-electron chi connectivity index (χ2n) is 6.07. The number of alkyl halides is 2. The molecular weight excluding hydrogens is 270 g/mol. The Balaban J connectivity index is 2.17. The van der Waals surface area contributed by atoms with Crippen LogP contribution in [0.15, 0.2) is 0 Å². The highest BCUT2D eigenvalue weighted by Gasteiger charge is 2.30. The zero-order chi connectivity index (χ0) is 15.2. The number of hydrogen-bond acceptors (Lipinski definition) is 4. The van der Waals surface area contributed by atoms with E-state index in [9.17, 15) is 13.6 Å². The van der Waals surface area contributed by atoms with Crippen LogP contribution in [0.2, 0.25) is 0 Å². The highest BCUT2D eigenvalue weighted by Crippen LogP contribution is 2.14. The average Bonchev–Trinajstić information content (AvgIpc) is 2.77. The SMILES string of the molecule is CC(C)(C)OC(=O)NCC(F)(F)CNCC1CCOC1. The summed E-state index contributed by atoms with van der Waals surface area (Å²) < 4.78 is 37.1. The molecule has 1 aliphatic rings. The molecule has 1 atom stereocenters. The number of carbonyl (C=O) groups is 1. The highest BCUT2D eigenvalue weighted by molar-refractivity contribution is 5.67. The summed E-state index contributed by atoms with van der Waals surface area (Å²) in [6.07, 6.45) is 0.0655. The molecule has 0 aromatic carbocycles. The second-order valence-corrected chi connectivity index (χ2v) is 6.07. The number of ether oxygens (including phenoxy) is 2. The molecule has 2 N–H and O–H groups in total. The van der Waals surface area contributed by atoms with Gasteiger partial charge in [0.2, 0.25) is 0 Å². The number of carbonyl (C=O) groups excluding carboxylic acids is 1. The molecule has 1 saturated heterocycles. The lowest BCUT2D eigenvalue weighted by molar-refractivity contribution is -0.00411. The predicted octanol–water partition coefficient (Wildman–Crippen LogP) is 1.77. The molecule has 0 aromatic rings. The summed E-state index contributed by atoms with van der Waals surface area (Å²) in [5.41, 5.74) is -0.694. The molecule has 0 radical (unpaired) electrons. The Labute approximate surface area is 118 Å². The lowest BCUT2D eigenvalue weighted by Gasteiger charge is -2.22. The molecule has 20 heavy (non-hydrogen) atoms. The largest absolute Gasteiger partial charge is 0.444 e. The number of rotatable bonds is 6. The van der Waals surface area contributed by atoms with Crippen molar-refractivity contribution in [3.63, 3.8) is 0 Å². The molecule has 1 heterocycles. The van der Waals surface area contributed by atoms with Crippen LogP contribution < -0.4 is 10.6 Å². The fraction of sp³-hybridized carbons (Fsp3) is 0.923. The molecule has 0 bridgehead atoms. The van der Waals surface area contributed by atoms with Gasteiger partial charge in [0.05, 0.1) is 19.7 Å². The number of nitrogens with one attached hydrogen (secondary N) is 2. The van der Waals surface area contributed by atoms with Gasteiger partial charge in [0.15, 0.2) is 0 Å². The van der Waals surface area contributed by atoms with E-state index in [1.54, 1.807) is 20.8 Å². The molecule has 1 unspecified atom stereocenters. The van der Waals surface area contributed by atoms with Gasteiger partial charge in [-0.15, -0.1) is 0 Å². The summed E-state index contributed by atoms with van der Waals surface area (Å²) in [6.45, 7) is 5.64. The van der Waals surface area contributed by atoms with Crippen LogP contribution in [0.25, 0.3) is 0 Å². The smallest absolute Gasteiger partial charge is 0.407 e. The Morgan fingerprint density at radius 3 is 2.60 bits per heavy atom. The highest BCUT2D eigenvalue weighted by atomic mass is 19.3. The number of amides is 1. The summed E-state index contributed by atoms with van der Waals surface area (Å²) >= 11 is 0. The van der Waals surface area contributed by atoms with Crippen LogP contribution >= 0.6 is 0 Å². The average molecular weight is 294 g/mol. The number of halogens is 2. The molecule has 1 aliphatic heterocycles. The summed E-state index contributed by atoms with van der Waals surface area (Å²) in [4.78, 5) is 11.3. The van der Waals surface area contributed by atoms with Crippen molar-refractivity contribution < 1.29 is 23.0 Å². The van der Waals surface area contributed by atoms with E-state index in [1.165, 1.54) is 0 Å². The molecule has 1 amide bonds. The van der Waals surface area contributed by atoms with Gasteiger partial charge in [-0.1, -0.05) is 0 Å². The molecule has 0 aromatic heterocycles. The van der Waals surface area contributed by atoms with E-state index in [4.69, 9.17) is 9.47 Å². The zero-order valence-corrected chi connectivity index (χ0v) is 12.3. The van der Waals surface area contributed by atoms with E-state index >= 15 is 0 Å². The maximum absolute atomic E-state index is 13.5. The molecule has 0 aliphatic carbocycles. The van der Waals surface area contributed by atoms with Crippen LogP contribution in [0.4, 0.5) is 13.6 Å². The minimum Gasteiger partial charge on any atom is -0.444 e. The van der Waals surface area contributed by atoms with Crippen LogP contribution in [0.5, 0.6) is 0 Å². The minimum atomic E-state index is -3.00. The van der Waals surface area contributed by atoms with Crippen LogP contribution in [-0.2, 0) is 9.47 Å². The molecule has 7 heteroatoms. The van der Waals surface area contributed by atoms with Crippen LogP contribution in [0.3, 0.4) is 0 Å². The monoisotopic (exact) mass is 294 g/mol. The standard InChI is InChI=1S/C13H24F2N2O3/c1-12(2,3)20-11(18)17-9-13(14,15)8-16-6-10-4-5-19-7-10/h10,16H,4-9H2,1-3H3,(H,17,18). The first-order chi connectivity index (χ1) is 9.18. The van der Waals surface area contributed by atoms with Crippen LogP contribution in [0.1, 0.15) is 27.2 Å². The lowest BCUT2D eigenvalue weighted by atomic mass is 10.1. The summed E-state index contributed by atoms with van der Waals surface area (Å²) in [5.74, 6) is -2.71. The van der Waals surface area contributed by atoms with Gasteiger partial charge in [0, 0.05) is 13.2 Å². The topological polar surface area (TPSA) is 59.6 Å². The fourth-order valence-corrected chi connectivity index (χ4v) is 1.78. The Morgan fingerprint density at radius 1 is 1.35 bits per heavy atom. The third-order valence-electron chi connectivity index (χ3n) is 2.73. The molecule has 1 fully saturated rings. The van der Waals surface area contributed by atoms with Crippen LogP contribution in [-0.4, -0.2) is 50.5 Å². The number of hydrogen-bond donors (Lipinski definition) is 2. The Bertz CT molecular complexity index is 313. The van der Waals surface area contributed by atoms with Gasteiger partial charge in [-0.2, -0.15) is 0 Å². The zero-order valence-electron chi connectivity index (χ0n) is 12.3. The van der Waals surface area contributed by atoms with Crippen molar-refractivity contribution >= 4 is 6.09 Å².